The molecule has 7 nitrogen and oxygen atoms in total. The molecule has 0 spiro atoms. The number of benzene rings is 1. The van der Waals surface area contributed by atoms with Crippen LogP contribution in [0.4, 0.5) is 0 Å². The van der Waals surface area contributed by atoms with E-state index in [1.54, 1.807) is 17.0 Å². The summed E-state index contributed by atoms with van der Waals surface area (Å²) >= 11 is 5.96. The smallest absolute Gasteiger partial charge is 0.255 e. The number of methoxy groups -OCH3 is 1. The number of halogens is 1. The van der Waals surface area contributed by atoms with Crippen LogP contribution in [-0.4, -0.2) is 69.4 Å². The molecular formula is C19H22ClN3O4S. The summed E-state index contributed by atoms with van der Waals surface area (Å²) in [5.41, 5.74) is 0.817. The molecule has 1 aliphatic rings. The van der Waals surface area contributed by atoms with Crippen LogP contribution in [0.25, 0.3) is 0 Å². The zero-order chi connectivity index (χ0) is 20.3. The number of rotatable bonds is 5. The van der Waals surface area contributed by atoms with Crippen molar-refractivity contribution >= 4 is 27.3 Å². The maximum Gasteiger partial charge on any atom is 0.255 e. The number of piperazine rings is 1. The molecular weight excluding hydrogens is 402 g/mol. The third-order valence-corrected chi connectivity index (χ3v) is 6.59. The van der Waals surface area contributed by atoms with Gasteiger partial charge in [-0.05, 0) is 36.9 Å². The Bertz CT molecular complexity index is 973. The number of carbonyl (C=O) groups is 1. The van der Waals surface area contributed by atoms with Crippen LogP contribution in [0.15, 0.2) is 41.6 Å². The second kappa shape index (κ2) is 8.46. The highest BCUT2D eigenvalue weighted by Gasteiger charge is 2.24. The van der Waals surface area contributed by atoms with Gasteiger partial charge in [-0.2, -0.15) is 0 Å². The lowest BCUT2D eigenvalue weighted by Gasteiger charge is -2.32. The highest BCUT2D eigenvalue weighted by atomic mass is 35.5. The summed E-state index contributed by atoms with van der Waals surface area (Å²) in [5.74, 6) is -0.220. The lowest BCUT2D eigenvalue weighted by atomic mass is 10.2. The van der Waals surface area contributed by atoms with Gasteiger partial charge in [0.15, 0.2) is 9.84 Å². The average Bonchev–Trinajstić information content (AvgIpc) is 2.68. The van der Waals surface area contributed by atoms with Crippen molar-refractivity contribution in [2.24, 2.45) is 0 Å². The van der Waals surface area contributed by atoms with Crippen LogP contribution in [0.1, 0.15) is 15.9 Å². The van der Waals surface area contributed by atoms with Gasteiger partial charge in [-0.15, -0.1) is 0 Å². The fourth-order valence-corrected chi connectivity index (χ4v) is 4.82. The summed E-state index contributed by atoms with van der Waals surface area (Å²) in [7, 11) is -0.319. The van der Waals surface area contributed by atoms with Gasteiger partial charge in [-0.1, -0.05) is 11.6 Å². The molecule has 1 aliphatic heterocycles. The van der Waals surface area contributed by atoms with Gasteiger partial charge in [0.2, 0.25) is 0 Å². The van der Waals surface area contributed by atoms with Gasteiger partial charge in [0.05, 0.1) is 18.4 Å². The number of nitrogens with zero attached hydrogens (tertiary/aromatic N) is 3. The van der Waals surface area contributed by atoms with E-state index in [4.69, 9.17) is 16.3 Å². The molecule has 0 bridgehead atoms. The number of ether oxygens (including phenoxy) is 1. The fraction of sp³-hybridized carbons (Fsp3) is 0.368. The normalized spacial score (nSPS) is 15.5. The van der Waals surface area contributed by atoms with E-state index >= 15 is 0 Å². The van der Waals surface area contributed by atoms with Crippen LogP contribution >= 0.6 is 11.6 Å². The Kier molecular flexibility index (Phi) is 6.22. The van der Waals surface area contributed by atoms with E-state index in [2.05, 4.69) is 9.88 Å². The van der Waals surface area contributed by atoms with E-state index < -0.39 is 9.84 Å². The summed E-state index contributed by atoms with van der Waals surface area (Å²) in [6.45, 7) is 2.89. The summed E-state index contributed by atoms with van der Waals surface area (Å²) in [5, 5.41) is 0.302. The second-order valence-corrected chi connectivity index (χ2v) is 9.13. The lowest BCUT2D eigenvalue weighted by molar-refractivity contribution is 0.0663. The van der Waals surface area contributed by atoms with E-state index in [0.29, 0.717) is 29.2 Å². The Morgan fingerprint density at radius 3 is 2.57 bits per heavy atom. The van der Waals surface area contributed by atoms with E-state index in [1.807, 2.05) is 7.05 Å². The number of aromatic nitrogens is 1. The maximum atomic E-state index is 12.9. The minimum Gasteiger partial charge on any atom is -0.495 e. The number of pyridine rings is 1. The summed E-state index contributed by atoms with van der Waals surface area (Å²) in [6, 6.07) is 6.03. The Morgan fingerprint density at radius 1 is 1.18 bits per heavy atom. The standard InChI is InChI=1S/C19H22ClN3O4S/c1-22-5-7-23(8-6-22)19(24)15-9-14(11-21-12-15)13-28(25,26)18-10-16(20)3-4-17(18)27-2/h3-4,9-12H,5-8,13H2,1-2H3. The molecule has 9 heteroatoms. The molecule has 1 amide bonds. The summed E-state index contributed by atoms with van der Waals surface area (Å²) < 4.78 is 30.9. The van der Waals surface area contributed by atoms with Crippen molar-refractivity contribution < 1.29 is 17.9 Å². The molecule has 1 aromatic carbocycles. The van der Waals surface area contributed by atoms with Crippen LogP contribution < -0.4 is 4.74 Å². The molecule has 1 aromatic heterocycles. The van der Waals surface area contributed by atoms with Gasteiger partial charge in [0.25, 0.3) is 5.91 Å². The first-order chi connectivity index (χ1) is 13.3. The van der Waals surface area contributed by atoms with E-state index in [0.717, 1.165) is 13.1 Å². The highest BCUT2D eigenvalue weighted by molar-refractivity contribution is 7.90. The molecule has 2 heterocycles. The van der Waals surface area contributed by atoms with Crippen molar-refractivity contribution in [2.45, 2.75) is 10.6 Å². The average molecular weight is 424 g/mol. The first-order valence-corrected chi connectivity index (χ1v) is 10.8. The lowest BCUT2D eigenvalue weighted by Crippen LogP contribution is -2.47. The van der Waals surface area contributed by atoms with Crippen molar-refractivity contribution in [1.82, 2.24) is 14.8 Å². The number of likely N-dealkylation sites (N-methyl/N-ethyl adjacent to an activating group) is 1. The minimum atomic E-state index is -3.73. The van der Waals surface area contributed by atoms with Crippen LogP contribution in [0.5, 0.6) is 5.75 Å². The zero-order valence-corrected chi connectivity index (χ0v) is 17.3. The van der Waals surface area contributed by atoms with Crippen LogP contribution in [0.2, 0.25) is 5.02 Å². The fourth-order valence-electron chi connectivity index (χ4n) is 3.07. The number of carbonyl (C=O) groups excluding carboxylic acids is 1. The van der Waals surface area contributed by atoms with Gasteiger partial charge in [0.1, 0.15) is 10.6 Å². The molecule has 1 saturated heterocycles. The number of hydrogen-bond donors (Lipinski definition) is 0. The summed E-state index contributed by atoms with van der Waals surface area (Å²) in [4.78, 5) is 20.7. The van der Waals surface area contributed by atoms with Gasteiger partial charge < -0.3 is 14.5 Å². The molecule has 0 aliphatic carbocycles. The molecule has 28 heavy (non-hydrogen) atoms. The van der Waals surface area contributed by atoms with Crippen LogP contribution in [-0.2, 0) is 15.6 Å². The maximum absolute atomic E-state index is 12.9. The van der Waals surface area contributed by atoms with E-state index in [1.165, 1.54) is 31.6 Å². The SMILES string of the molecule is COc1ccc(Cl)cc1S(=O)(=O)Cc1cncc(C(=O)N2CCN(C)CC2)c1. The van der Waals surface area contributed by atoms with Crippen LogP contribution in [0, 0.1) is 0 Å². The third-order valence-electron chi connectivity index (χ3n) is 4.65. The first-order valence-electron chi connectivity index (χ1n) is 8.78. The molecule has 0 N–H and O–H groups in total. The number of hydrogen-bond acceptors (Lipinski definition) is 6. The Labute approximate surface area is 169 Å². The molecule has 0 radical (unpaired) electrons. The van der Waals surface area contributed by atoms with Gasteiger partial charge >= 0.3 is 0 Å². The number of amides is 1. The topological polar surface area (TPSA) is 79.8 Å². The highest BCUT2D eigenvalue weighted by Crippen LogP contribution is 2.29. The van der Waals surface area contributed by atoms with E-state index in [-0.39, 0.29) is 22.3 Å². The minimum absolute atomic E-state index is 0.0123. The zero-order valence-electron chi connectivity index (χ0n) is 15.8. The largest absolute Gasteiger partial charge is 0.495 e. The second-order valence-electron chi connectivity index (χ2n) is 6.73. The molecule has 150 valence electrons. The predicted molar refractivity (Wildman–Crippen MR) is 107 cm³/mol. The predicted octanol–water partition coefficient (Wildman–Crippen LogP) is 2.11. The monoisotopic (exact) mass is 423 g/mol. The van der Waals surface area contributed by atoms with Crippen molar-refractivity contribution in [2.75, 3.05) is 40.3 Å². The first kappa shape index (κ1) is 20.6. The van der Waals surface area contributed by atoms with Crippen molar-refractivity contribution in [3.8, 4) is 5.75 Å². The third kappa shape index (κ3) is 4.63. The van der Waals surface area contributed by atoms with Crippen molar-refractivity contribution in [3.63, 3.8) is 0 Å². The number of sulfone groups is 1. The molecule has 2 aromatic rings. The van der Waals surface area contributed by atoms with Gasteiger partial charge in [0, 0.05) is 43.6 Å². The van der Waals surface area contributed by atoms with Crippen molar-refractivity contribution in [3.05, 3.63) is 52.8 Å². The summed E-state index contributed by atoms with van der Waals surface area (Å²) in [6.07, 6.45) is 2.92. The quantitative estimate of drug-likeness (QED) is 0.732. The molecule has 0 atom stereocenters. The van der Waals surface area contributed by atoms with E-state index in [9.17, 15) is 13.2 Å². The molecule has 0 saturated carbocycles. The molecule has 1 fully saturated rings. The molecule has 3 rings (SSSR count). The molecule has 0 unspecified atom stereocenters. The Hall–Kier alpha value is -2.16. The van der Waals surface area contributed by atoms with Gasteiger partial charge in [-0.25, -0.2) is 8.42 Å². The Morgan fingerprint density at radius 2 is 1.89 bits per heavy atom. The van der Waals surface area contributed by atoms with Gasteiger partial charge in [-0.3, -0.25) is 9.78 Å². The van der Waals surface area contributed by atoms with Crippen molar-refractivity contribution in [1.29, 1.82) is 0 Å². The van der Waals surface area contributed by atoms with Crippen LogP contribution in [0.3, 0.4) is 0 Å². The Balaban J connectivity index is 1.83.